The molecule has 7 aromatic carbocycles. The first kappa shape index (κ1) is 51.0. The van der Waals surface area contributed by atoms with Crippen LogP contribution in [0, 0.1) is 0 Å². The van der Waals surface area contributed by atoms with Crippen LogP contribution in [0.1, 0.15) is 45.9 Å². The van der Waals surface area contributed by atoms with E-state index in [0.717, 1.165) is 33.4 Å². The third-order valence-electron chi connectivity index (χ3n) is 12.0. The molecule has 0 spiro atoms. The molecule has 13 heteroatoms. The minimum atomic E-state index is -1.59. The van der Waals surface area contributed by atoms with Crippen molar-refractivity contribution in [1.82, 2.24) is 10.9 Å². The lowest BCUT2D eigenvalue weighted by molar-refractivity contribution is -0.315. The molecule has 3 N–H and O–H groups in total. The normalized spacial score (nSPS) is 18.3. The van der Waals surface area contributed by atoms with Crippen molar-refractivity contribution in [3.63, 3.8) is 0 Å². The smallest absolute Gasteiger partial charge is 0.424 e. The lowest BCUT2D eigenvalue weighted by atomic mass is 9.93. The zero-order valence-corrected chi connectivity index (χ0v) is 40.1. The fourth-order valence-electron chi connectivity index (χ4n) is 8.14. The highest BCUT2D eigenvalue weighted by molar-refractivity contribution is 5.81. The number of hydrazine groups is 1. The number of amides is 1. The highest BCUT2D eigenvalue weighted by Gasteiger charge is 2.50. The molecule has 2 unspecified atom stereocenters. The fraction of sp³-hybridized carbons (Fsp3) is 0.254. The van der Waals surface area contributed by atoms with Crippen molar-refractivity contribution in [2.75, 3.05) is 6.61 Å². The van der Waals surface area contributed by atoms with Crippen molar-refractivity contribution in [3.8, 4) is 11.5 Å². The highest BCUT2D eigenvalue weighted by atomic mass is 16.7. The van der Waals surface area contributed by atoms with Crippen molar-refractivity contribution in [3.05, 3.63) is 239 Å². The Morgan fingerprint density at radius 3 is 1.49 bits per heavy atom. The molecular weight excluding hydrogens is 913 g/mol. The monoisotopic (exact) mass is 972 g/mol. The van der Waals surface area contributed by atoms with Crippen molar-refractivity contribution in [2.45, 2.75) is 89.2 Å². The third-order valence-corrected chi connectivity index (χ3v) is 12.0. The molecule has 8 rings (SSSR count). The number of benzene rings is 7. The summed E-state index contributed by atoms with van der Waals surface area (Å²) in [7, 11) is 0. The van der Waals surface area contributed by atoms with Crippen molar-refractivity contribution >= 4 is 12.1 Å². The highest BCUT2D eigenvalue weighted by Crippen LogP contribution is 2.33. The first-order valence-electron chi connectivity index (χ1n) is 24.0. The van der Waals surface area contributed by atoms with Crippen molar-refractivity contribution in [2.24, 2.45) is 0 Å². The Morgan fingerprint density at radius 1 is 0.528 bits per heavy atom. The Hall–Kier alpha value is -7.36. The van der Waals surface area contributed by atoms with Crippen LogP contribution in [-0.4, -0.2) is 60.0 Å². The molecule has 0 aromatic heterocycles. The Bertz CT molecular complexity index is 2700. The molecule has 1 heterocycles. The number of rotatable bonds is 24. The number of carbonyl (C=O) groups excluding carboxylic acids is 2. The Morgan fingerprint density at radius 2 is 0.972 bits per heavy atom. The zero-order chi connectivity index (χ0) is 49.8. The van der Waals surface area contributed by atoms with Gasteiger partial charge in [-0.3, -0.25) is 5.43 Å². The maximum atomic E-state index is 14.3. The van der Waals surface area contributed by atoms with E-state index in [4.69, 9.17) is 37.9 Å². The molecule has 0 saturated carbocycles. The average molecular weight is 973 g/mol. The van der Waals surface area contributed by atoms with Gasteiger partial charge in [-0.15, -0.1) is 0 Å². The van der Waals surface area contributed by atoms with E-state index in [-0.39, 0.29) is 64.2 Å². The van der Waals surface area contributed by atoms with Gasteiger partial charge < -0.3 is 43.0 Å². The molecule has 6 atom stereocenters. The first-order valence-corrected chi connectivity index (χ1v) is 24.0. The predicted octanol–water partition coefficient (Wildman–Crippen LogP) is 9.94. The summed E-state index contributed by atoms with van der Waals surface area (Å²) in [5.41, 5.74) is 9.90. The predicted molar refractivity (Wildman–Crippen MR) is 270 cm³/mol. The lowest BCUT2D eigenvalue weighted by Gasteiger charge is -2.45. The van der Waals surface area contributed by atoms with Gasteiger partial charge in [0.25, 0.3) is 0 Å². The number of nitrogens with one attached hydrogen (secondary N) is 2. The Balaban J connectivity index is 1.06. The van der Waals surface area contributed by atoms with Crippen molar-refractivity contribution < 1.29 is 52.6 Å². The number of esters is 1. The summed E-state index contributed by atoms with van der Waals surface area (Å²) in [6, 6.07) is 62.5. The molecular formula is C59H60N2O11. The summed E-state index contributed by atoms with van der Waals surface area (Å²) in [6.07, 6.45) is -5.89. The molecule has 1 fully saturated rings. The van der Waals surface area contributed by atoms with E-state index in [2.05, 4.69) is 10.9 Å². The van der Waals surface area contributed by atoms with E-state index in [1.165, 1.54) is 6.07 Å². The van der Waals surface area contributed by atoms with Gasteiger partial charge in [0.2, 0.25) is 6.29 Å². The number of hydrogen-bond donors (Lipinski definition) is 3. The molecule has 13 nitrogen and oxygen atoms in total. The molecule has 0 bridgehead atoms. The van der Waals surface area contributed by atoms with Gasteiger partial charge in [0.15, 0.2) is 11.5 Å². The van der Waals surface area contributed by atoms with Gasteiger partial charge in [-0.2, -0.15) is 0 Å². The number of ether oxygens (including phenoxy) is 8. The molecule has 1 saturated heterocycles. The van der Waals surface area contributed by atoms with Crippen LogP contribution >= 0.6 is 0 Å². The standard InChI is InChI=1S/C59H60N2O11/c1-59(57(63)70-41-48-30-18-7-19-31-48,35-49-32-33-50(62)51(34-49)66-37-44-22-10-3-11-23-44)61-60-58(64)72-56-55(69-40-47-28-16-6-17-29-47)54(68-39-46-26-14-5-15-27-46)53(67-38-45-24-12-4-13-25-45)52(71-56)42-65-36-43-20-8-2-9-21-43/h2-34,52-56,61-62H,35-42H2,1H3,(H,60,64)/t52?,53-,54-,55+,56?,59-/m0/s1. The molecule has 7 aromatic rings. The van der Waals surface area contributed by atoms with Crippen molar-refractivity contribution in [1.29, 1.82) is 0 Å². The molecule has 0 radical (unpaired) electrons. The Kier molecular flexibility index (Phi) is 18.6. The number of phenolic OH excluding ortho intramolecular Hbond substituents is 1. The maximum absolute atomic E-state index is 14.3. The third kappa shape index (κ3) is 15.1. The van der Waals surface area contributed by atoms with Gasteiger partial charge >= 0.3 is 12.1 Å². The molecule has 72 heavy (non-hydrogen) atoms. The minimum Gasteiger partial charge on any atom is -0.504 e. The number of phenols is 1. The quantitative estimate of drug-likeness (QED) is 0.0391. The number of aromatic hydroxyl groups is 1. The molecule has 1 amide bonds. The van der Waals surface area contributed by atoms with Crippen LogP contribution in [0.4, 0.5) is 4.79 Å². The summed E-state index contributed by atoms with van der Waals surface area (Å²) in [4.78, 5) is 28.5. The van der Waals surface area contributed by atoms with E-state index >= 15 is 0 Å². The van der Waals surface area contributed by atoms with Crippen LogP contribution in [0.5, 0.6) is 11.5 Å². The summed E-state index contributed by atoms with van der Waals surface area (Å²) in [5.74, 6) is -0.526. The van der Waals surface area contributed by atoms with E-state index in [1.807, 2.05) is 182 Å². The molecule has 0 aliphatic carbocycles. The number of carbonyl (C=O) groups is 2. The SMILES string of the molecule is C[C@@](Cc1ccc(O)c(OCc2ccccc2)c1)(NNC(=O)OC1OC(COCc2ccccc2)[C@H](OCc2ccccc2)[C@H](OCc2ccccc2)[C@H]1OCc1ccccc1)C(=O)OCc1ccccc1. The minimum absolute atomic E-state index is 0.0116. The van der Waals surface area contributed by atoms with Gasteiger partial charge in [-0.05, 0) is 58.0 Å². The van der Waals surface area contributed by atoms with Crippen LogP contribution < -0.4 is 15.6 Å². The van der Waals surface area contributed by atoms with Gasteiger partial charge in [0.05, 0.1) is 33.0 Å². The van der Waals surface area contributed by atoms with Gasteiger partial charge in [0, 0.05) is 6.42 Å². The molecule has 1 aliphatic heterocycles. The average Bonchev–Trinajstić information content (AvgIpc) is 3.42. The lowest BCUT2D eigenvalue weighted by Crippen LogP contribution is -2.63. The van der Waals surface area contributed by atoms with Crippen LogP contribution in [0.15, 0.2) is 200 Å². The largest absolute Gasteiger partial charge is 0.504 e. The Labute approximate surface area is 420 Å². The van der Waals surface area contributed by atoms with Gasteiger partial charge in [0.1, 0.15) is 43.2 Å². The zero-order valence-electron chi connectivity index (χ0n) is 40.1. The summed E-state index contributed by atoms with van der Waals surface area (Å²) >= 11 is 0. The van der Waals surface area contributed by atoms with E-state index in [0.29, 0.717) is 5.56 Å². The molecule has 1 aliphatic rings. The van der Waals surface area contributed by atoms with E-state index < -0.39 is 48.3 Å². The summed E-state index contributed by atoms with van der Waals surface area (Å²) in [5, 5.41) is 10.8. The summed E-state index contributed by atoms with van der Waals surface area (Å²) in [6.45, 7) is 2.63. The van der Waals surface area contributed by atoms with E-state index in [1.54, 1.807) is 19.1 Å². The van der Waals surface area contributed by atoms with Crippen LogP contribution in [0.25, 0.3) is 0 Å². The van der Waals surface area contributed by atoms with Gasteiger partial charge in [-0.1, -0.05) is 188 Å². The van der Waals surface area contributed by atoms with Crippen LogP contribution in [-0.2, 0) is 84.0 Å². The second-order valence-electron chi connectivity index (χ2n) is 17.6. The topological polar surface area (TPSA) is 152 Å². The summed E-state index contributed by atoms with van der Waals surface area (Å²) < 4.78 is 51.3. The maximum Gasteiger partial charge on any atom is 0.424 e. The van der Waals surface area contributed by atoms with Crippen LogP contribution in [0.3, 0.4) is 0 Å². The first-order chi connectivity index (χ1) is 35.3. The molecule has 372 valence electrons. The van der Waals surface area contributed by atoms with Gasteiger partial charge in [-0.25, -0.2) is 15.0 Å². The number of hydrogen-bond acceptors (Lipinski definition) is 12. The second kappa shape index (κ2) is 26.2. The second-order valence-corrected chi connectivity index (χ2v) is 17.6. The van der Waals surface area contributed by atoms with E-state index in [9.17, 15) is 14.7 Å². The fourth-order valence-corrected chi connectivity index (χ4v) is 8.14. The van der Waals surface area contributed by atoms with Crippen LogP contribution in [0.2, 0.25) is 0 Å².